The summed E-state index contributed by atoms with van der Waals surface area (Å²) in [4.78, 5) is 2.43. The summed E-state index contributed by atoms with van der Waals surface area (Å²) in [7, 11) is 0. The minimum Gasteiger partial charge on any atom is -0.456 e. The van der Waals surface area contributed by atoms with Gasteiger partial charge in [0.2, 0.25) is 0 Å². The molecule has 0 N–H and O–H groups in total. The summed E-state index contributed by atoms with van der Waals surface area (Å²) in [6.45, 7) is 18.4. The van der Waals surface area contributed by atoms with Crippen molar-refractivity contribution < 1.29 is 8.83 Å². The van der Waals surface area contributed by atoms with E-state index in [4.69, 9.17) is 8.83 Å². The largest absolute Gasteiger partial charge is 0.456 e. The van der Waals surface area contributed by atoms with Gasteiger partial charge in [-0.3, -0.25) is 0 Å². The van der Waals surface area contributed by atoms with Crippen LogP contribution in [0.3, 0.4) is 0 Å². The molecule has 1 aliphatic rings. The third-order valence-corrected chi connectivity index (χ3v) is 12.1. The second-order valence-corrected chi connectivity index (χ2v) is 18.2. The number of hydrogen-bond acceptors (Lipinski definition) is 3. The summed E-state index contributed by atoms with van der Waals surface area (Å²) < 4.78 is 13.4. The molecule has 2 aromatic heterocycles. The Morgan fingerprint density at radius 2 is 1.18 bits per heavy atom. The fourth-order valence-electron chi connectivity index (χ4n) is 9.06. The highest BCUT2D eigenvalue weighted by Crippen LogP contribution is 2.52. The SMILES string of the molecule is CC(C)(C)c1cc(C(C)(C)C)c2oc3ccc(N(c4ccc5c(c4)C(C)(C)c4ccccc4-5)c4cccc5oc6ccc(-c7ccccc7)cc6c45)cc3c2c1. The highest BCUT2D eigenvalue weighted by molar-refractivity contribution is 6.15. The van der Waals surface area contributed by atoms with Gasteiger partial charge in [-0.15, -0.1) is 0 Å². The summed E-state index contributed by atoms with van der Waals surface area (Å²) in [5.74, 6) is 0. The second-order valence-electron chi connectivity index (χ2n) is 18.2. The highest BCUT2D eigenvalue weighted by atomic mass is 16.3. The average Bonchev–Trinajstić information content (AvgIpc) is 3.82. The quantitative estimate of drug-likeness (QED) is 0.181. The maximum absolute atomic E-state index is 6.78. The first-order valence-electron chi connectivity index (χ1n) is 19.8. The molecule has 3 nitrogen and oxygen atoms in total. The number of nitrogens with zero attached hydrogens (tertiary/aromatic N) is 1. The number of furan rings is 2. The Bertz CT molecular complexity index is 3020. The van der Waals surface area contributed by atoms with Crippen LogP contribution in [0.25, 0.3) is 66.1 Å². The van der Waals surface area contributed by atoms with Crippen LogP contribution in [0.15, 0.2) is 148 Å². The normalized spacial score (nSPS) is 13.9. The van der Waals surface area contributed by atoms with E-state index in [1.54, 1.807) is 0 Å². The standard InChI is InChI=1S/C53H47NO2/c1-51(2,3)34-28-40-39-30-35(23-26-46(39)56-50(40)44(29-34)52(4,5)6)54(36-22-24-38-37-17-12-13-18-42(37)53(7,8)43(38)31-36)45-19-14-20-48-49(45)41-27-33(21-25-47(41)55-48)32-15-10-9-11-16-32/h9-31H,1-8H3. The van der Waals surface area contributed by atoms with Gasteiger partial charge in [-0.25, -0.2) is 0 Å². The van der Waals surface area contributed by atoms with Crippen molar-refractivity contribution in [3.63, 3.8) is 0 Å². The number of fused-ring (bicyclic) bond motifs is 9. The molecule has 0 saturated heterocycles. The molecule has 0 atom stereocenters. The third kappa shape index (κ3) is 5.24. The maximum Gasteiger partial charge on any atom is 0.139 e. The Morgan fingerprint density at radius 1 is 0.482 bits per heavy atom. The van der Waals surface area contributed by atoms with Crippen LogP contribution in [0.4, 0.5) is 17.1 Å². The van der Waals surface area contributed by atoms with Gasteiger partial charge in [-0.1, -0.05) is 134 Å². The fourth-order valence-corrected chi connectivity index (χ4v) is 9.06. The zero-order valence-electron chi connectivity index (χ0n) is 33.5. The van der Waals surface area contributed by atoms with Gasteiger partial charge in [0.25, 0.3) is 0 Å². The number of rotatable bonds is 4. The van der Waals surface area contributed by atoms with Gasteiger partial charge >= 0.3 is 0 Å². The Morgan fingerprint density at radius 3 is 1.96 bits per heavy atom. The van der Waals surface area contributed by atoms with Gasteiger partial charge in [-0.2, -0.15) is 0 Å². The molecule has 7 aromatic carbocycles. The van der Waals surface area contributed by atoms with E-state index in [1.165, 1.54) is 38.9 Å². The zero-order chi connectivity index (χ0) is 38.7. The average molecular weight is 730 g/mol. The van der Waals surface area contributed by atoms with Crippen LogP contribution < -0.4 is 4.90 Å². The fraction of sp³-hybridized carbons (Fsp3) is 0.208. The van der Waals surface area contributed by atoms with Crippen molar-refractivity contribution in [2.45, 2.75) is 71.6 Å². The van der Waals surface area contributed by atoms with Crippen molar-refractivity contribution in [3.8, 4) is 22.3 Å². The van der Waals surface area contributed by atoms with Gasteiger partial charge in [0.15, 0.2) is 0 Å². The lowest BCUT2D eigenvalue weighted by atomic mass is 9.79. The monoisotopic (exact) mass is 729 g/mol. The molecule has 0 unspecified atom stereocenters. The lowest BCUT2D eigenvalue weighted by Gasteiger charge is -2.28. The van der Waals surface area contributed by atoms with Crippen molar-refractivity contribution in [3.05, 3.63) is 162 Å². The van der Waals surface area contributed by atoms with Gasteiger partial charge in [0.1, 0.15) is 22.3 Å². The molecule has 0 spiro atoms. The molecule has 0 bridgehead atoms. The van der Waals surface area contributed by atoms with Gasteiger partial charge in [-0.05, 0) is 110 Å². The van der Waals surface area contributed by atoms with Gasteiger partial charge < -0.3 is 13.7 Å². The predicted octanol–water partition coefficient (Wildman–Crippen LogP) is 15.5. The van der Waals surface area contributed by atoms with Crippen LogP contribution in [-0.4, -0.2) is 0 Å². The van der Waals surface area contributed by atoms with Crippen molar-refractivity contribution in [2.24, 2.45) is 0 Å². The molecule has 1 aliphatic carbocycles. The summed E-state index contributed by atoms with van der Waals surface area (Å²) >= 11 is 0. The predicted molar refractivity (Wildman–Crippen MR) is 236 cm³/mol. The zero-order valence-corrected chi connectivity index (χ0v) is 33.5. The van der Waals surface area contributed by atoms with Crippen LogP contribution in [-0.2, 0) is 16.2 Å². The lowest BCUT2D eigenvalue weighted by molar-refractivity contribution is 0.559. The van der Waals surface area contributed by atoms with E-state index >= 15 is 0 Å². The molecule has 0 saturated carbocycles. The highest BCUT2D eigenvalue weighted by Gasteiger charge is 2.36. The Hall–Kier alpha value is -6.06. The lowest BCUT2D eigenvalue weighted by Crippen LogP contribution is -2.16. The Kier molecular flexibility index (Phi) is 7.36. The molecular formula is C53H47NO2. The molecule has 0 amide bonds. The molecule has 276 valence electrons. The van der Waals surface area contributed by atoms with E-state index in [0.717, 1.165) is 66.5 Å². The molecule has 0 fully saturated rings. The smallest absolute Gasteiger partial charge is 0.139 e. The molecule has 2 heterocycles. The molecule has 3 heteroatoms. The Labute approximate surface area is 329 Å². The first-order chi connectivity index (χ1) is 26.8. The van der Waals surface area contributed by atoms with E-state index in [0.29, 0.717) is 0 Å². The van der Waals surface area contributed by atoms with E-state index in [9.17, 15) is 0 Å². The van der Waals surface area contributed by atoms with Crippen LogP contribution in [0.1, 0.15) is 77.6 Å². The molecule has 56 heavy (non-hydrogen) atoms. The van der Waals surface area contributed by atoms with Crippen LogP contribution in [0.2, 0.25) is 0 Å². The molecular weight excluding hydrogens is 683 g/mol. The van der Waals surface area contributed by atoms with Crippen molar-refractivity contribution >= 4 is 60.9 Å². The summed E-state index contributed by atoms with van der Waals surface area (Å²) in [5, 5.41) is 4.45. The van der Waals surface area contributed by atoms with Crippen LogP contribution >= 0.6 is 0 Å². The summed E-state index contributed by atoms with van der Waals surface area (Å²) in [6, 6.07) is 50.9. The minimum atomic E-state index is -0.149. The number of hydrogen-bond donors (Lipinski definition) is 0. The van der Waals surface area contributed by atoms with E-state index < -0.39 is 0 Å². The number of anilines is 3. The van der Waals surface area contributed by atoms with E-state index in [-0.39, 0.29) is 16.2 Å². The van der Waals surface area contributed by atoms with Gasteiger partial charge in [0, 0.05) is 38.5 Å². The van der Waals surface area contributed by atoms with E-state index in [2.05, 4.69) is 200 Å². The molecule has 10 rings (SSSR count). The number of benzene rings is 7. The molecule has 9 aromatic rings. The first kappa shape index (κ1) is 34.4. The topological polar surface area (TPSA) is 29.5 Å². The second kappa shape index (κ2) is 12.0. The van der Waals surface area contributed by atoms with Crippen molar-refractivity contribution in [1.82, 2.24) is 0 Å². The minimum absolute atomic E-state index is 0.0210. The van der Waals surface area contributed by atoms with Gasteiger partial charge in [0.05, 0.1) is 11.1 Å². The van der Waals surface area contributed by atoms with E-state index in [1.807, 2.05) is 0 Å². The molecule has 0 aliphatic heterocycles. The summed E-state index contributed by atoms with van der Waals surface area (Å²) in [6.07, 6.45) is 0. The van der Waals surface area contributed by atoms with Crippen LogP contribution in [0.5, 0.6) is 0 Å². The molecule has 0 radical (unpaired) electrons. The maximum atomic E-state index is 6.78. The van der Waals surface area contributed by atoms with Crippen molar-refractivity contribution in [1.29, 1.82) is 0 Å². The van der Waals surface area contributed by atoms with Crippen molar-refractivity contribution in [2.75, 3.05) is 4.90 Å². The third-order valence-electron chi connectivity index (χ3n) is 12.1. The van der Waals surface area contributed by atoms with Crippen LogP contribution in [0, 0.1) is 0 Å². The first-order valence-corrected chi connectivity index (χ1v) is 19.8. The Balaban J connectivity index is 1.26. The summed E-state index contributed by atoms with van der Waals surface area (Å²) in [5.41, 5.74) is 16.8.